The minimum absolute atomic E-state index is 0.224. The van der Waals surface area contributed by atoms with E-state index in [1.165, 1.54) is 10.4 Å². The summed E-state index contributed by atoms with van der Waals surface area (Å²) in [5, 5.41) is 2.83. The van der Waals surface area contributed by atoms with E-state index in [1.54, 1.807) is 19.1 Å². The van der Waals surface area contributed by atoms with Crippen molar-refractivity contribution in [2.75, 3.05) is 39.8 Å². The Morgan fingerprint density at radius 1 is 1.21 bits per heavy atom. The van der Waals surface area contributed by atoms with E-state index < -0.39 is 10.0 Å². The van der Waals surface area contributed by atoms with Gasteiger partial charge in [0.2, 0.25) is 10.0 Å². The molecular weight excluding hydrogens is 326 g/mol. The molecule has 134 valence electrons. The Balaban J connectivity index is 2.22. The first kappa shape index (κ1) is 18.9. The fourth-order valence-electron chi connectivity index (χ4n) is 2.67. The predicted molar refractivity (Wildman–Crippen MR) is 94.7 cm³/mol. The first-order valence-electron chi connectivity index (χ1n) is 8.43. The van der Waals surface area contributed by atoms with E-state index in [0.717, 1.165) is 25.9 Å². The summed E-state index contributed by atoms with van der Waals surface area (Å²) in [5.74, 6) is -0.224. The molecule has 1 amide bonds. The van der Waals surface area contributed by atoms with Crippen molar-refractivity contribution in [3.63, 3.8) is 0 Å². The minimum Gasteiger partial charge on any atom is -0.352 e. The van der Waals surface area contributed by atoms with Crippen LogP contribution in [0.5, 0.6) is 0 Å². The Morgan fingerprint density at radius 2 is 1.88 bits per heavy atom. The number of carbonyl (C=O) groups excluding carboxylic acids is 1. The molecule has 0 aromatic heterocycles. The second kappa shape index (κ2) is 8.09. The van der Waals surface area contributed by atoms with Crippen molar-refractivity contribution in [2.45, 2.75) is 31.6 Å². The lowest BCUT2D eigenvalue weighted by molar-refractivity contribution is 0.0953. The van der Waals surface area contributed by atoms with Crippen LogP contribution in [0.1, 0.15) is 35.7 Å². The zero-order valence-corrected chi connectivity index (χ0v) is 15.5. The van der Waals surface area contributed by atoms with Gasteiger partial charge in [0.25, 0.3) is 5.91 Å². The van der Waals surface area contributed by atoms with E-state index in [-0.39, 0.29) is 10.8 Å². The SMILES string of the molecule is CCCCNC(=O)c1ccc(C)c(S(=O)(=O)N2CCN(C)CC2)c1. The van der Waals surface area contributed by atoms with Crippen LogP contribution in [0.25, 0.3) is 0 Å². The molecule has 2 rings (SSSR count). The third kappa shape index (κ3) is 4.34. The number of hydrogen-bond donors (Lipinski definition) is 1. The standard InChI is InChI=1S/C17H27N3O3S/c1-4-5-8-18-17(21)15-7-6-14(2)16(13-15)24(22,23)20-11-9-19(3)10-12-20/h6-7,13H,4-5,8-12H2,1-3H3,(H,18,21). The average Bonchev–Trinajstić information content (AvgIpc) is 2.55. The number of likely N-dealkylation sites (N-methyl/N-ethyl adjacent to an activating group) is 1. The molecule has 1 fully saturated rings. The fourth-order valence-corrected chi connectivity index (χ4v) is 4.34. The molecule has 6 nitrogen and oxygen atoms in total. The molecule has 0 bridgehead atoms. The quantitative estimate of drug-likeness (QED) is 0.786. The maximum absolute atomic E-state index is 12.9. The van der Waals surface area contributed by atoms with Crippen molar-refractivity contribution in [3.8, 4) is 0 Å². The molecule has 0 aliphatic carbocycles. The molecule has 1 aliphatic heterocycles. The monoisotopic (exact) mass is 353 g/mol. The summed E-state index contributed by atoms with van der Waals surface area (Å²) in [6.07, 6.45) is 1.90. The van der Waals surface area contributed by atoms with Crippen LogP contribution in [0, 0.1) is 6.92 Å². The minimum atomic E-state index is -3.57. The normalized spacial score (nSPS) is 17.0. The lowest BCUT2D eigenvalue weighted by Crippen LogP contribution is -2.47. The van der Waals surface area contributed by atoms with E-state index in [4.69, 9.17) is 0 Å². The number of unbranched alkanes of at least 4 members (excludes halogenated alkanes) is 1. The second-order valence-electron chi connectivity index (χ2n) is 6.30. The van der Waals surface area contributed by atoms with Crippen LogP contribution in [-0.4, -0.2) is 63.3 Å². The van der Waals surface area contributed by atoms with Crippen molar-refractivity contribution < 1.29 is 13.2 Å². The van der Waals surface area contributed by atoms with Crippen LogP contribution >= 0.6 is 0 Å². The van der Waals surface area contributed by atoms with Gasteiger partial charge in [-0.1, -0.05) is 19.4 Å². The molecule has 7 heteroatoms. The van der Waals surface area contributed by atoms with Gasteiger partial charge in [0, 0.05) is 38.3 Å². The highest BCUT2D eigenvalue weighted by Crippen LogP contribution is 2.22. The second-order valence-corrected chi connectivity index (χ2v) is 8.20. The van der Waals surface area contributed by atoms with Gasteiger partial charge < -0.3 is 10.2 Å². The summed E-state index contributed by atoms with van der Waals surface area (Å²) in [6.45, 7) is 6.81. The highest BCUT2D eigenvalue weighted by Gasteiger charge is 2.29. The molecule has 24 heavy (non-hydrogen) atoms. The molecule has 1 saturated heterocycles. The number of rotatable bonds is 6. The third-order valence-electron chi connectivity index (χ3n) is 4.35. The van der Waals surface area contributed by atoms with Gasteiger partial charge in [-0.2, -0.15) is 4.31 Å². The third-order valence-corrected chi connectivity index (χ3v) is 6.39. The highest BCUT2D eigenvalue weighted by molar-refractivity contribution is 7.89. The molecule has 0 atom stereocenters. The van der Waals surface area contributed by atoms with Crippen LogP contribution in [-0.2, 0) is 10.0 Å². The number of amides is 1. The zero-order chi connectivity index (χ0) is 17.7. The molecule has 1 heterocycles. The Bertz CT molecular complexity index is 680. The molecule has 0 saturated carbocycles. The number of hydrogen-bond acceptors (Lipinski definition) is 4. The van der Waals surface area contributed by atoms with Crippen molar-refractivity contribution in [3.05, 3.63) is 29.3 Å². The van der Waals surface area contributed by atoms with Crippen LogP contribution in [0.2, 0.25) is 0 Å². The number of piperazine rings is 1. The van der Waals surface area contributed by atoms with Crippen molar-refractivity contribution in [1.82, 2.24) is 14.5 Å². The van der Waals surface area contributed by atoms with E-state index in [1.807, 2.05) is 7.05 Å². The van der Waals surface area contributed by atoms with Crippen molar-refractivity contribution in [2.24, 2.45) is 0 Å². The van der Waals surface area contributed by atoms with Crippen LogP contribution in [0.3, 0.4) is 0 Å². The molecular formula is C17H27N3O3S. The fraction of sp³-hybridized carbons (Fsp3) is 0.588. The van der Waals surface area contributed by atoms with E-state index in [0.29, 0.717) is 30.8 Å². The van der Waals surface area contributed by atoms with Crippen LogP contribution in [0.4, 0.5) is 0 Å². The van der Waals surface area contributed by atoms with Crippen molar-refractivity contribution >= 4 is 15.9 Å². The molecule has 1 aliphatic rings. The largest absolute Gasteiger partial charge is 0.352 e. The van der Waals surface area contributed by atoms with Gasteiger partial charge in [0.1, 0.15) is 0 Å². The average molecular weight is 353 g/mol. The summed E-state index contributed by atoms with van der Waals surface area (Å²) in [6, 6.07) is 4.89. The van der Waals surface area contributed by atoms with Gasteiger partial charge in [-0.05, 0) is 38.1 Å². The lowest BCUT2D eigenvalue weighted by atomic mass is 10.1. The van der Waals surface area contributed by atoms with Gasteiger partial charge >= 0.3 is 0 Å². The number of carbonyl (C=O) groups is 1. The molecule has 0 radical (unpaired) electrons. The summed E-state index contributed by atoms with van der Waals surface area (Å²) in [4.78, 5) is 14.5. The van der Waals surface area contributed by atoms with Gasteiger partial charge in [-0.15, -0.1) is 0 Å². The topological polar surface area (TPSA) is 69.7 Å². The maximum Gasteiger partial charge on any atom is 0.251 e. The smallest absolute Gasteiger partial charge is 0.251 e. The Morgan fingerprint density at radius 3 is 2.50 bits per heavy atom. The van der Waals surface area contributed by atoms with Gasteiger partial charge in [0.15, 0.2) is 0 Å². The molecule has 0 spiro atoms. The zero-order valence-electron chi connectivity index (χ0n) is 14.7. The summed E-state index contributed by atoms with van der Waals surface area (Å²) in [7, 11) is -1.59. The highest BCUT2D eigenvalue weighted by atomic mass is 32.2. The summed E-state index contributed by atoms with van der Waals surface area (Å²) < 4.78 is 27.4. The van der Waals surface area contributed by atoms with Crippen LogP contribution in [0.15, 0.2) is 23.1 Å². The van der Waals surface area contributed by atoms with Crippen molar-refractivity contribution in [1.29, 1.82) is 0 Å². The number of nitrogens with one attached hydrogen (secondary N) is 1. The van der Waals surface area contributed by atoms with E-state index in [2.05, 4.69) is 17.1 Å². The Kier molecular flexibility index (Phi) is 6.37. The molecule has 0 unspecified atom stereocenters. The maximum atomic E-state index is 12.9. The Labute approximate surface area is 144 Å². The summed E-state index contributed by atoms with van der Waals surface area (Å²) >= 11 is 0. The first-order valence-corrected chi connectivity index (χ1v) is 9.88. The number of benzene rings is 1. The first-order chi connectivity index (χ1) is 11.4. The summed E-state index contributed by atoms with van der Waals surface area (Å²) in [5.41, 5.74) is 1.06. The molecule has 1 aromatic carbocycles. The number of nitrogens with zero attached hydrogens (tertiary/aromatic N) is 2. The lowest BCUT2D eigenvalue weighted by Gasteiger charge is -2.32. The van der Waals surface area contributed by atoms with E-state index >= 15 is 0 Å². The predicted octanol–water partition coefficient (Wildman–Crippen LogP) is 1.46. The van der Waals surface area contributed by atoms with Crippen LogP contribution < -0.4 is 5.32 Å². The Hall–Kier alpha value is -1.44. The number of sulfonamides is 1. The number of aryl methyl sites for hydroxylation is 1. The molecule has 1 N–H and O–H groups in total. The van der Waals surface area contributed by atoms with Gasteiger partial charge in [0.05, 0.1) is 4.90 Å². The van der Waals surface area contributed by atoms with E-state index in [9.17, 15) is 13.2 Å². The van der Waals surface area contributed by atoms with Gasteiger partial charge in [-0.25, -0.2) is 8.42 Å². The van der Waals surface area contributed by atoms with Gasteiger partial charge in [-0.3, -0.25) is 4.79 Å². The molecule has 1 aromatic rings.